The number of aromatic nitrogens is 2. The van der Waals surface area contributed by atoms with Gasteiger partial charge in [0, 0.05) is 24.3 Å². The van der Waals surface area contributed by atoms with E-state index in [1.165, 1.54) is 16.8 Å². The molecule has 24 heavy (non-hydrogen) atoms. The number of carbonyl (C=O) groups excluding carboxylic acids is 1. The lowest BCUT2D eigenvalue weighted by Crippen LogP contribution is -2.37. The Bertz CT molecular complexity index is 770. The minimum atomic E-state index is -0.909. The second-order valence-electron chi connectivity index (χ2n) is 5.97. The number of rotatable bonds is 4. The first-order valence-corrected chi connectivity index (χ1v) is 7.80. The first-order valence-electron chi connectivity index (χ1n) is 7.80. The number of carbonyl (C=O) groups is 2. The second-order valence-corrected chi connectivity index (χ2v) is 5.97. The fourth-order valence-electron chi connectivity index (χ4n) is 3.05. The molecule has 1 unspecified atom stereocenters. The number of likely N-dealkylation sites (tertiary alicyclic amines) is 1. The van der Waals surface area contributed by atoms with Crippen LogP contribution in [-0.4, -0.2) is 44.3 Å². The van der Waals surface area contributed by atoms with Crippen LogP contribution >= 0.6 is 0 Å². The standard InChI is InChI=1S/C17H18FN3O3/c1-11-10-21(13-6-4-12(18)5-7-13)19-16(11)17(24)20-8-2-3-14(20)9-15(22)23/h4-7,10,14H,2-3,8-9H2,1H3,(H,22,23). The van der Waals surface area contributed by atoms with E-state index >= 15 is 0 Å². The Morgan fingerprint density at radius 2 is 2.04 bits per heavy atom. The molecule has 2 heterocycles. The number of hydrogen-bond acceptors (Lipinski definition) is 3. The molecule has 0 saturated carbocycles. The van der Waals surface area contributed by atoms with E-state index in [0.29, 0.717) is 29.9 Å². The highest BCUT2D eigenvalue weighted by atomic mass is 19.1. The largest absolute Gasteiger partial charge is 0.481 e. The van der Waals surface area contributed by atoms with Crippen LogP contribution < -0.4 is 0 Å². The van der Waals surface area contributed by atoms with Gasteiger partial charge in [-0.1, -0.05) is 0 Å². The smallest absolute Gasteiger partial charge is 0.305 e. The van der Waals surface area contributed by atoms with Gasteiger partial charge in [0.2, 0.25) is 0 Å². The fourth-order valence-corrected chi connectivity index (χ4v) is 3.05. The third kappa shape index (κ3) is 3.15. The van der Waals surface area contributed by atoms with Gasteiger partial charge in [-0.05, 0) is 44.0 Å². The van der Waals surface area contributed by atoms with Crippen molar-refractivity contribution in [3.8, 4) is 5.69 Å². The zero-order chi connectivity index (χ0) is 17.3. The van der Waals surface area contributed by atoms with Crippen LogP contribution in [-0.2, 0) is 4.79 Å². The molecule has 0 spiro atoms. The van der Waals surface area contributed by atoms with Crippen molar-refractivity contribution in [1.82, 2.24) is 14.7 Å². The molecule has 3 rings (SSSR count). The van der Waals surface area contributed by atoms with Gasteiger partial charge in [0.15, 0.2) is 5.69 Å². The lowest BCUT2D eigenvalue weighted by atomic mass is 10.1. The Labute approximate surface area is 138 Å². The van der Waals surface area contributed by atoms with E-state index in [1.807, 2.05) is 0 Å². The van der Waals surface area contributed by atoms with Crippen molar-refractivity contribution in [3.05, 3.63) is 47.5 Å². The number of nitrogens with zero attached hydrogens (tertiary/aromatic N) is 3. The van der Waals surface area contributed by atoms with Gasteiger partial charge < -0.3 is 10.0 Å². The maximum Gasteiger partial charge on any atom is 0.305 e. The number of amides is 1. The molecule has 1 aliphatic rings. The van der Waals surface area contributed by atoms with E-state index < -0.39 is 5.97 Å². The summed E-state index contributed by atoms with van der Waals surface area (Å²) in [5, 5.41) is 13.3. The molecule has 1 saturated heterocycles. The maximum atomic E-state index is 13.0. The molecule has 0 radical (unpaired) electrons. The minimum Gasteiger partial charge on any atom is -0.481 e. The summed E-state index contributed by atoms with van der Waals surface area (Å²) in [6.45, 7) is 2.32. The fraction of sp³-hybridized carbons (Fsp3) is 0.353. The van der Waals surface area contributed by atoms with Crippen LogP contribution in [0.3, 0.4) is 0 Å². The van der Waals surface area contributed by atoms with Crippen LogP contribution in [0.1, 0.15) is 35.3 Å². The number of carboxylic acids is 1. The summed E-state index contributed by atoms with van der Waals surface area (Å²) in [4.78, 5) is 25.3. The lowest BCUT2D eigenvalue weighted by molar-refractivity contribution is -0.137. The first-order chi connectivity index (χ1) is 11.5. The zero-order valence-corrected chi connectivity index (χ0v) is 13.3. The van der Waals surface area contributed by atoms with E-state index in [1.54, 1.807) is 30.2 Å². The quantitative estimate of drug-likeness (QED) is 0.933. The highest BCUT2D eigenvalue weighted by molar-refractivity contribution is 5.94. The molecule has 0 bridgehead atoms. The van der Waals surface area contributed by atoms with Gasteiger partial charge in [-0.15, -0.1) is 0 Å². The summed E-state index contributed by atoms with van der Waals surface area (Å²) < 4.78 is 14.6. The van der Waals surface area contributed by atoms with Gasteiger partial charge in [-0.3, -0.25) is 9.59 Å². The molecule has 1 aromatic carbocycles. The number of benzene rings is 1. The van der Waals surface area contributed by atoms with E-state index in [2.05, 4.69) is 5.10 Å². The van der Waals surface area contributed by atoms with Crippen molar-refractivity contribution >= 4 is 11.9 Å². The molecular weight excluding hydrogens is 313 g/mol. The van der Waals surface area contributed by atoms with Crippen molar-refractivity contribution in [1.29, 1.82) is 0 Å². The average Bonchev–Trinajstić information content (AvgIpc) is 3.13. The van der Waals surface area contributed by atoms with Crippen LogP contribution in [0.2, 0.25) is 0 Å². The van der Waals surface area contributed by atoms with Crippen LogP contribution in [0, 0.1) is 12.7 Å². The maximum absolute atomic E-state index is 13.0. The molecule has 1 N–H and O–H groups in total. The molecule has 1 amide bonds. The molecule has 6 nitrogen and oxygen atoms in total. The number of carboxylic acid groups (broad SMARTS) is 1. The minimum absolute atomic E-state index is 0.0521. The Kier molecular flexibility index (Phi) is 4.33. The SMILES string of the molecule is Cc1cn(-c2ccc(F)cc2)nc1C(=O)N1CCCC1CC(=O)O. The predicted molar refractivity (Wildman–Crippen MR) is 84.6 cm³/mol. The van der Waals surface area contributed by atoms with E-state index in [4.69, 9.17) is 5.11 Å². The zero-order valence-electron chi connectivity index (χ0n) is 13.3. The Balaban J connectivity index is 1.85. The summed E-state index contributed by atoms with van der Waals surface area (Å²) in [7, 11) is 0. The monoisotopic (exact) mass is 331 g/mol. The Morgan fingerprint density at radius 1 is 1.33 bits per heavy atom. The molecule has 0 aliphatic carbocycles. The van der Waals surface area contributed by atoms with Crippen LogP contribution in [0.15, 0.2) is 30.5 Å². The van der Waals surface area contributed by atoms with E-state index in [-0.39, 0.29) is 24.2 Å². The van der Waals surface area contributed by atoms with Crippen molar-refractivity contribution in [2.75, 3.05) is 6.54 Å². The van der Waals surface area contributed by atoms with E-state index in [9.17, 15) is 14.0 Å². The average molecular weight is 331 g/mol. The number of hydrogen-bond donors (Lipinski definition) is 1. The lowest BCUT2D eigenvalue weighted by Gasteiger charge is -2.22. The summed E-state index contributed by atoms with van der Waals surface area (Å²) >= 11 is 0. The van der Waals surface area contributed by atoms with Crippen LogP contribution in [0.5, 0.6) is 0 Å². The Hall–Kier alpha value is -2.70. The van der Waals surface area contributed by atoms with Crippen molar-refractivity contribution < 1.29 is 19.1 Å². The topological polar surface area (TPSA) is 75.4 Å². The normalized spacial score (nSPS) is 17.2. The molecular formula is C17H18FN3O3. The van der Waals surface area contributed by atoms with Gasteiger partial charge in [0.05, 0.1) is 12.1 Å². The summed E-state index contributed by atoms with van der Waals surface area (Å²) in [6, 6.07) is 5.54. The molecule has 126 valence electrons. The Morgan fingerprint density at radius 3 is 2.71 bits per heavy atom. The van der Waals surface area contributed by atoms with Gasteiger partial charge >= 0.3 is 5.97 Å². The third-order valence-electron chi connectivity index (χ3n) is 4.24. The van der Waals surface area contributed by atoms with Gasteiger partial charge in [0.1, 0.15) is 5.82 Å². The second kappa shape index (κ2) is 6.43. The summed E-state index contributed by atoms with van der Waals surface area (Å²) in [5.41, 5.74) is 1.66. The predicted octanol–water partition coefficient (Wildman–Crippen LogP) is 2.40. The summed E-state index contributed by atoms with van der Waals surface area (Å²) in [5.74, 6) is -1.50. The van der Waals surface area contributed by atoms with E-state index in [0.717, 1.165) is 6.42 Å². The summed E-state index contributed by atoms with van der Waals surface area (Å²) in [6.07, 6.45) is 3.14. The molecule has 1 fully saturated rings. The molecule has 2 aromatic rings. The number of aliphatic carboxylic acids is 1. The molecule has 1 aliphatic heterocycles. The van der Waals surface area contributed by atoms with Crippen LogP contribution in [0.25, 0.3) is 5.69 Å². The van der Waals surface area contributed by atoms with Crippen molar-refractivity contribution in [2.45, 2.75) is 32.2 Å². The first kappa shape index (κ1) is 16.2. The van der Waals surface area contributed by atoms with Crippen molar-refractivity contribution in [2.24, 2.45) is 0 Å². The van der Waals surface area contributed by atoms with Gasteiger partial charge in [-0.25, -0.2) is 9.07 Å². The van der Waals surface area contributed by atoms with Gasteiger partial charge in [-0.2, -0.15) is 5.10 Å². The molecule has 1 atom stereocenters. The number of halogens is 1. The van der Waals surface area contributed by atoms with Gasteiger partial charge in [0.25, 0.3) is 5.91 Å². The highest BCUT2D eigenvalue weighted by Gasteiger charge is 2.32. The third-order valence-corrected chi connectivity index (χ3v) is 4.24. The highest BCUT2D eigenvalue weighted by Crippen LogP contribution is 2.23. The van der Waals surface area contributed by atoms with Crippen molar-refractivity contribution in [3.63, 3.8) is 0 Å². The number of aryl methyl sites for hydroxylation is 1. The molecule has 7 heteroatoms. The van der Waals surface area contributed by atoms with Crippen LogP contribution in [0.4, 0.5) is 4.39 Å². The molecule has 1 aromatic heterocycles.